The van der Waals surface area contributed by atoms with Crippen LogP contribution in [0.4, 0.5) is 5.69 Å². The summed E-state index contributed by atoms with van der Waals surface area (Å²) >= 11 is 4.12. The van der Waals surface area contributed by atoms with Crippen LogP contribution in [0.2, 0.25) is 0 Å². The average Bonchev–Trinajstić information content (AvgIpc) is 2.91. The van der Waals surface area contributed by atoms with Gasteiger partial charge in [0.05, 0.1) is 17.3 Å². The molecule has 0 bridgehead atoms. The van der Waals surface area contributed by atoms with Crippen molar-refractivity contribution < 1.29 is 23.1 Å². The SMILES string of the molecule is COc1cc(NS(=O)(=O)c2ccsc2C(=O)O)ccc1Br. The molecule has 0 aliphatic rings. The summed E-state index contributed by atoms with van der Waals surface area (Å²) in [5, 5.41) is 10.4. The zero-order chi connectivity index (χ0) is 15.6. The first kappa shape index (κ1) is 15.8. The monoisotopic (exact) mass is 391 g/mol. The lowest BCUT2D eigenvalue weighted by atomic mass is 10.3. The van der Waals surface area contributed by atoms with Crippen molar-refractivity contribution >= 4 is 48.9 Å². The molecule has 0 fully saturated rings. The molecule has 112 valence electrons. The summed E-state index contributed by atoms with van der Waals surface area (Å²) in [5.41, 5.74) is 0.276. The summed E-state index contributed by atoms with van der Waals surface area (Å²) < 4.78 is 32.6. The Bertz CT molecular complexity index is 785. The van der Waals surface area contributed by atoms with Gasteiger partial charge in [-0.05, 0) is 39.5 Å². The molecule has 0 aliphatic carbocycles. The molecule has 2 rings (SSSR count). The molecule has 0 spiro atoms. The minimum atomic E-state index is -3.97. The highest BCUT2D eigenvalue weighted by Gasteiger charge is 2.24. The van der Waals surface area contributed by atoms with E-state index >= 15 is 0 Å². The van der Waals surface area contributed by atoms with Gasteiger partial charge in [-0.25, -0.2) is 13.2 Å². The van der Waals surface area contributed by atoms with E-state index in [1.54, 1.807) is 6.07 Å². The number of halogens is 1. The van der Waals surface area contributed by atoms with E-state index in [1.165, 1.54) is 30.7 Å². The van der Waals surface area contributed by atoms with Gasteiger partial charge in [0.2, 0.25) is 0 Å². The van der Waals surface area contributed by atoms with Gasteiger partial charge in [-0.15, -0.1) is 11.3 Å². The Morgan fingerprint density at radius 2 is 2.10 bits per heavy atom. The van der Waals surface area contributed by atoms with Crippen LogP contribution in [0, 0.1) is 0 Å². The molecule has 0 aliphatic heterocycles. The number of rotatable bonds is 5. The van der Waals surface area contributed by atoms with Gasteiger partial charge >= 0.3 is 5.97 Å². The van der Waals surface area contributed by atoms with Crippen LogP contribution in [-0.4, -0.2) is 26.6 Å². The number of aromatic carboxylic acids is 1. The van der Waals surface area contributed by atoms with Crippen molar-refractivity contribution in [3.8, 4) is 5.75 Å². The second-order valence-electron chi connectivity index (χ2n) is 3.87. The Kier molecular flexibility index (Phi) is 4.55. The lowest BCUT2D eigenvalue weighted by molar-refractivity contribution is 0.0698. The van der Waals surface area contributed by atoms with Gasteiger partial charge in [-0.1, -0.05) is 0 Å². The van der Waals surface area contributed by atoms with E-state index in [2.05, 4.69) is 20.7 Å². The van der Waals surface area contributed by atoms with Gasteiger partial charge in [0.15, 0.2) is 0 Å². The Hall–Kier alpha value is -1.58. The third-order valence-corrected chi connectivity index (χ3v) is 5.63. The van der Waals surface area contributed by atoms with Gasteiger partial charge in [0.25, 0.3) is 10.0 Å². The number of anilines is 1. The van der Waals surface area contributed by atoms with Gasteiger partial charge in [-0.3, -0.25) is 4.72 Å². The summed E-state index contributed by atoms with van der Waals surface area (Å²) in [4.78, 5) is 10.5. The predicted molar refractivity (Wildman–Crippen MR) is 82.8 cm³/mol. The third kappa shape index (κ3) is 3.36. The normalized spacial score (nSPS) is 11.1. The number of carbonyl (C=O) groups is 1. The quantitative estimate of drug-likeness (QED) is 0.816. The molecule has 0 unspecified atom stereocenters. The minimum Gasteiger partial charge on any atom is -0.495 e. The number of hydrogen-bond donors (Lipinski definition) is 2. The fourth-order valence-corrected chi connectivity index (χ4v) is 4.32. The molecule has 0 atom stereocenters. The number of nitrogens with one attached hydrogen (secondary N) is 1. The van der Waals surface area contributed by atoms with E-state index in [1.807, 2.05) is 0 Å². The minimum absolute atomic E-state index is 0.230. The topological polar surface area (TPSA) is 92.7 Å². The highest BCUT2D eigenvalue weighted by atomic mass is 79.9. The highest BCUT2D eigenvalue weighted by molar-refractivity contribution is 9.10. The number of carboxylic acid groups (broad SMARTS) is 1. The molecule has 1 heterocycles. The fraction of sp³-hybridized carbons (Fsp3) is 0.0833. The van der Waals surface area contributed by atoms with Crippen molar-refractivity contribution in [3.63, 3.8) is 0 Å². The van der Waals surface area contributed by atoms with E-state index in [0.29, 0.717) is 10.2 Å². The zero-order valence-corrected chi connectivity index (χ0v) is 13.9. The molecule has 2 aromatic rings. The number of benzene rings is 1. The van der Waals surface area contributed by atoms with Crippen molar-refractivity contribution in [2.45, 2.75) is 4.90 Å². The van der Waals surface area contributed by atoms with Crippen LogP contribution >= 0.6 is 27.3 Å². The second-order valence-corrected chi connectivity index (χ2v) is 7.30. The molecular formula is C12H10BrNO5S2. The van der Waals surface area contributed by atoms with Crippen LogP contribution in [0.3, 0.4) is 0 Å². The number of ether oxygens (including phenoxy) is 1. The van der Waals surface area contributed by atoms with Crippen LogP contribution in [-0.2, 0) is 10.0 Å². The van der Waals surface area contributed by atoms with Crippen molar-refractivity contribution in [2.24, 2.45) is 0 Å². The highest BCUT2D eigenvalue weighted by Crippen LogP contribution is 2.30. The van der Waals surface area contributed by atoms with Crippen molar-refractivity contribution in [3.05, 3.63) is 39.0 Å². The summed E-state index contributed by atoms with van der Waals surface area (Å²) in [5.74, 6) is -0.822. The Morgan fingerprint density at radius 1 is 1.38 bits per heavy atom. The van der Waals surface area contributed by atoms with Crippen molar-refractivity contribution in [1.29, 1.82) is 0 Å². The number of methoxy groups -OCH3 is 1. The lowest BCUT2D eigenvalue weighted by Gasteiger charge is -2.10. The van der Waals surface area contributed by atoms with Crippen LogP contribution < -0.4 is 9.46 Å². The summed E-state index contributed by atoms with van der Waals surface area (Å²) in [7, 11) is -2.52. The van der Waals surface area contributed by atoms with Crippen LogP contribution in [0.15, 0.2) is 39.0 Å². The maximum atomic E-state index is 12.3. The van der Waals surface area contributed by atoms with E-state index in [0.717, 1.165) is 11.3 Å². The number of thiophene rings is 1. The Morgan fingerprint density at radius 3 is 2.71 bits per heavy atom. The van der Waals surface area contributed by atoms with Crippen LogP contribution in [0.25, 0.3) is 0 Å². The molecular weight excluding hydrogens is 382 g/mol. The second kappa shape index (κ2) is 6.04. The van der Waals surface area contributed by atoms with E-state index in [-0.39, 0.29) is 15.5 Å². The van der Waals surface area contributed by atoms with E-state index in [4.69, 9.17) is 9.84 Å². The van der Waals surface area contributed by atoms with Crippen molar-refractivity contribution in [2.75, 3.05) is 11.8 Å². The molecule has 1 aromatic heterocycles. The molecule has 0 radical (unpaired) electrons. The number of hydrogen-bond acceptors (Lipinski definition) is 5. The Balaban J connectivity index is 2.38. The van der Waals surface area contributed by atoms with E-state index < -0.39 is 16.0 Å². The maximum Gasteiger partial charge on any atom is 0.347 e. The summed E-state index contributed by atoms with van der Waals surface area (Å²) in [6, 6.07) is 5.92. The lowest BCUT2D eigenvalue weighted by Crippen LogP contribution is -2.15. The Labute approximate surface area is 133 Å². The average molecular weight is 392 g/mol. The summed E-state index contributed by atoms with van der Waals surface area (Å²) in [6.07, 6.45) is 0. The number of carboxylic acids is 1. The first-order chi connectivity index (χ1) is 9.85. The molecule has 6 nitrogen and oxygen atoms in total. The van der Waals surface area contributed by atoms with Gasteiger partial charge < -0.3 is 9.84 Å². The zero-order valence-electron chi connectivity index (χ0n) is 10.7. The van der Waals surface area contributed by atoms with Crippen molar-refractivity contribution in [1.82, 2.24) is 0 Å². The predicted octanol–water partition coefficient (Wildman–Crippen LogP) is 3.02. The molecule has 2 N–H and O–H groups in total. The molecule has 0 amide bonds. The molecule has 21 heavy (non-hydrogen) atoms. The van der Waals surface area contributed by atoms with Gasteiger partial charge in [0, 0.05) is 6.07 Å². The first-order valence-corrected chi connectivity index (χ1v) is 8.68. The first-order valence-electron chi connectivity index (χ1n) is 5.52. The molecule has 0 saturated heterocycles. The molecule has 0 saturated carbocycles. The number of sulfonamides is 1. The largest absolute Gasteiger partial charge is 0.495 e. The molecule has 9 heteroatoms. The standard InChI is InChI=1S/C12H10BrNO5S2/c1-19-9-6-7(2-3-8(9)13)14-21(17,18)10-4-5-20-11(10)12(15)16/h2-6,14H,1H3,(H,15,16). The van der Waals surface area contributed by atoms with Crippen LogP contribution in [0.1, 0.15) is 9.67 Å². The molecule has 1 aromatic carbocycles. The third-order valence-electron chi connectivity index (χ3n) is 2.52. The fourth-order valence-electron chi connectivity index (χ4n) is 1.60. The van der Waals surface area contributed by atoms with Gasteiger partial charge in [-0.2, -0.15) is 0 Å². The van der Waals surface area contributed by atoms with Crippen LogP contribution in [0.5, 0.6) is 5.75 Å². The smallest absolute Gasteiger partial charge is 0.347 e. The van der Waals surface area contributed by atoms with Gasteiger partial charge in [0.1, 0.15) is 15.5 Å². The maximum absolute atomic E-state index is 12.3. The van der Waals surface area contributed by atoms with E-state index in [9.17, 15) is 13.2 Å². The summed E-state index contributed by atoms with van der Waals surface area (Å²) in [6.45, 7) is 0.